The van der Waals surface area contributed by atoms with Crippen molar-refractivity contribution in [3.05, 3.63) is 46.6 Å². The van der Waals surface area contributed by atoms with Gasteiger partial charge < -0.3 is 26.6 Å². The van der Waals surface area contributed by atoms with Gasteiger partial charge >= 0.3 is 0 Å². The lowest BCUT2D eigenvalue weighted by molar-refractivity contribution is -0.121. The number of hydrogen-bond donors (Lipinski definition) is 5. The zero-order valence-electron chi connectivity index (χ0n) is 22.4. The second kappa shape index (κ2) is 13.4. The minimum Gasteiger partial charge on any atom is -0.369 e. The maximum Gasteiger partial charge on any atom is 0.234 e. The Balaban J connectivity index is 1.13. The molecule has 39 heavy (non-hydrogen) atoms. The van der Waals surface area contributed by atoms with Crippen LogP contribution in [0.3, 0.4) is 0 Å². The van der Waals surface area contributed by atoms with E-state index in [9.17, 15) is 10.1 Å². The Labute approximate surface area is 235 Å². The standard InChI is InChI=1S/C29H39ClN8O/c30-25-7-2-1-4-22(25)16-35-29-36-17-23(14-31)28(38-29)34-15-19-12-20-5-3-6-21(13-19)27(20)33-18-26(39)37-24-8-10-32-11-9-24/h1-2,4,7,17,19-21,24,27,32-33H,3,5-6,8-13,15-16,18H2,(H,37,39)(H2,34,35,36,38)/t19?,20-,21+,27-. The molecule has 1 aliphatic heterocycles. The molecule has 9 nitrogen and oxygen atoms in total. The van der Waals surface area contributed by atoms with Gasteiger partial charge in [-0.1, -0.05) is 36.2 Å². The molecule has 2 aromatic rings. The maximum absolute atomic E-state index is 12.6. The minimum absolute atomic E-state index is 0.121. The lowest BCUT2D eigenvalue weighted by Gasteiger charge is -2.46. The van der Waals surface area contributed by atoms with Crippen molar-refractivity contribution in [3.63, 3.8) is 0 Å². The normalized spacial score (nSPS) is 24.9. The van der Waals surface area contributed by atoms with Gasteiger partial charge in [-0.2, -0.15) is 10.2 Å². The number of halogens is 1. The number of hydrogen-bond acceptors (Lipinski definition) is 8. The van der Waals surface area contributed by atoms with Gasteiger partial charge in [-0.3, -0.25) is 4.79 Å². The number of anilines is 2. The number of fused-ring (bicyclic) bond motifs is 2. The fourth-order valence-electron chi connectivity index (χ4n) is 6.56. The highest BCUT2D eigenvalue weighted by Crippen LogP contribution is 2.43. The summed E-state index contributed by atoms with van der Waals surface area (Å²) in [7, 11) is 0. The fraction of sp³-hybridized carbons (Fsp3) is 0.586. The van der Waals surface area contributed by atoms with Crippen LogP contribution < -0.4 is 26.6 Å². The quantitative estimate of drug-likeness (QED) is 0.303. The number of aromatic nitrogens is 2. The fourth-order valence-corrected chi connectivity index (χ4v) is 6.77. The topological polar surface area (TPSA) is 127 Å². The molecule has 0 spiro atoms. The molecule has 5 N–H and O–H groups in total. The van der Waals surface area contributed by atoms with E-state index in [-0.39, 0.29) is 5.91 Å². The molecule has 208 valence electrons. The van der Waals surface area contributed by atoms with Crippen molar-refractivity contribution < 1.29 is 4.79 Å². The van der Waals surface area contributed by atoms with Gasteiger partial charge in [0.05, 0.1) is 12.7 Å². The van der Waals surface area contributed by atoms with Gasteiger partial charge in [-0.15, -0.1) is 0 Å². The number of nitrogens with zero attached hydrogens (tertiary/aromatic N) is 3. The van der Waals surface area contributed by atoms with Crippen molar-refractivity contribution in [2.45, 2.75) is 63.6 Å². The average molecular weight is 551 g/mol. The molecule has 3 aliphatic rings. The van der Waals surface area contributed by atoms with Crippen LogP contribution in [-0.2, 0) is 11.3 Å². The highest BCUT2D eigenvalue weighted by Gasteiger charge is 2.40. The van der Waals surface area contributed by atoms with Crippen LogP contribution in [0.1, 0.15) is 56.1 Å². The Morgan fingerprint density at radius 1 is 1.10 bits per heavy atom. The summed E-state index contributed by atoms with van der Waals surface area (Å²) in [5, 5.41) is 27.2. The number of carbonyl (C=O) groups excluding carboxylic acids is 1. The lowest BCUT2D eigenvalue weighted by Crippen LogP contribution is -2.53. The zero-order valence-corrected chi connectivity index (χ0v) is 23.1. The molecule has 4 atom stereocenters. The van der Waals surface area contributed by atoms with E-state index in [1.54, 1.807) is 6.20 Å². The molecule has 1 unspecified atom stereocenters. The molecule has 0 radical (unpaired) electrons. The first-order valence-electron chi connectivity index (χ1n) is 14.3. The Kier molecular flexibility index (Phi) is 9.51. The molecular weight excluding hydrogens is 512 g/mol. The van der Waals surface area contributed by atoms with E-state index >= 15 is 0 Å². The molecule has 1 saturated heterocycles. The van der Waals surface area contributed by atoms with E-state index in [1.807, 2.05) is 24.3 Å². The third kappa shape index (κ3) is 7.38. The summed E-state index contributed by atoms with van der Waals surface area (Å²) in [6.07, 6.45) is 9.47. The first-order valence-corrected chi connectivity index (χ1v) is 14.7. The number of amides is 1. The highest BCUT2D eigenvalue weighted by atomic mass is 35.5. The van der Waals surface area contributed by atoms with Crippen molar-refractivity contribution in [2.24, 2.45) is 17.8 Å². The first kappa shape index (κ1) is 27.6. The second-order valence-corrected chi connectivity index (χ2v) is 11.6. The minimum atomic E-state index is 0.121. The van der Waals surface area contributed by atoms with Crippen molar-refractivity contribution in [2.75, 3.05) is 36.8 Å². The molecule has 1 aromatic heterocycles. The largest absolute Gasteiger partial charge is 0.369 e. The van der Waals surface area contributed by atoms with Gasteiger partial charge in [0.1, 0.15) is 17.5 Å². The molecule has 2 aliphatic carbocycles. The van der Waals surface area contributed by atoms with Crippen LogP contribution in [0.25, 0.3) is 0 Å². The molecule has 2 heterocycles. The Morgan fingerprint density at radius 2 is 1.87 bits per heavy atom. The molecule has 2 bridgehead atoms. The average Bonchev–Trinajstić information content (AvgIpc) is 2.95. The van der Waals surface area contributed by atoms with E-state index < -0.39 is 0 Å². The SMILES string of the molecule is N#Cc1cnc(NCc2ccccc2Cl)nc1NCC1C[C@H]2CCC[C@@H](C1)[C@@H]2NCC(=O)NC1CCNCC1. The summed E-state index contributed by atoms with van der Waals surface area (Å²) in [5.74, 6) is 2.80. The number of piperidine rings is 1. The molecule has 1 amide bonds. The van der Waals surface area contributed by atoms with Crippen molar-refractivity contribution in [3.8, 4) is 6.07 Å². The second-order valence-electron chi connectivity index (χ2n) is 11.2. The highest BCUT2D eigenvalue weighted by molar-refractivity contribution is 6.31. The maximum atomic E-state index is 12.6. The van der Waals surface area contributed by atoms with E-state index in [2.05, 4.69) is 42.6 Å². The van der Waals surface area contributed by atoms with Crippen molar-refractivity contribution >= 4 is 29.3 Å². The number of rotatable bonds is 10. The van der Waals surface area contributed by atoms with Gasteiger partial charge in [0.2, 0.25) is 11.9 Å². The summed E-state index contributed by atoms with van der Waals surface area (Å²) >= 11 is 6.27. The Morgan fingerprint density at radius 3 is 2.62 bits per heavy atom. The third-order valence-corrected chi connectivity index (χ3v) is 8.87. The summed E-state index contributed by atoms with van der Waals surface area (Å²) in [6.45, 7) is 3.63. The summed E-state index contributed by atoms with van der Waals surface area (Å²) in [5.41, 5.74) is 1.40. The molecule has 5 rings (SSSR count). The van der Waals surface area contributed by atoms with Crippen LogP contribution in [-0.4, -0.2) is 54.1 Å². The van der Waals surface area contributed by atoms with Gasteiger partial charge in [0, 0.05) is 30.2 Å². The van der Waals surface area contributed by atoms with E-state index in [1.165, 1.54) is 19.3 Å². The van der Waals surface area contributed by atoms with Crippen LogP contribution in [0.4, 0.5) is 11.8 Å². The predicted molar refractivity (Wildman–Crippen MR) is 153 cm³/mol. The number of carbonyl (C=O) groups is 1. The van der Waals surface area contributed by atoms with Gasteiger partial charge in [-0.25, -0.2) is 4.98 Å². The van der Waals surface area contributed by atoms with Crippen LogP contribution in [0.2, 0.25) is 5.02 Å². The third-order valence-electron chi connectivity index (χ3n) is 8.50. The van der Waals surface area contributed by atoms with Gasteiger partial charge in [0.25, 0.3) is 0 Å². The Hall–Kier alpha value is -2.93. The summed E-state index contributed by atoms with van der Waals surface area (Å²) in [4.78, 5) is 21.5. The smallest absolute Gasteiger partial charge is 0.234 e. The van der Waals surface area contributed by atoms with Crippen molar-refractivity contribution in [1.82, 2.24) is 25.9 Å². The summed E-state index contributed by atoms with van der Waals surface area (Å²) < 4.78 is 0. The Bertz CT molecular complexity index is 1150. The first-order chi connectivity index (χ1) is 19.1. The molecule has 2 saturated carbocycles. The number of benzene rings is 1. The summed E-state index contributed by atoms with van der Waals surface area (Å²) in [6, 6.07) is 10.6. The van der Waals surface area contributed by atoms with Crippen LogP contribution in [0, 0.1) is 29.1 Å². The van der Waals surface area contributed by atoms with Crippen LogP contribution in [0.5, 0.6) is 0 Å². The molecule has 1 aromatic carbocycles. The zero-order chi connectivity index (χ0) is 27.0. The van der Waals surface area contributed by atoms with Crippen LogP contribution >= 0.6 is 11.6 Å². The van der Waals surface area contributed by atoms with E-state index in [0.29, 0.717) is 65.3 Å². The molecular formula is C29H39ClN8O. The number of nitrogens with one attached hydrogen (secondary N) is 5. The predicted octanol–water partition coefficient (Wildman–Crippen LogP) is 3.68. The van der Waals surface area contributed by atoms with E-state index in [4.69, 9.17) is 11.6 Å². The van der Waals surface area contributed by atoms with E-state index in [0.717, 1.165) is 50.9 Å². The molecule has 3 fully saturated rings. The van der Waals surface area contributed by atoms with Gasteiger partial charge in [-0.05, 0) is 81.0 Å². The number of nitriles is 1. The van der Waals surface area contributed by atoms with Crippen molar-refractivity contribution in [1.29, 1.82) is 5.26 Å². The van der Waals surface area contributed by atoms with Gasteiger partial charge in [0.15, 0.2) is 0 Å². The molecule has 10 heteroatoms. The lowest BCUT2D eigenvalue weighted by atomic mass is 9.64. The van der Waals surface area contributed by atoms with Crippen LogP contribution in [0.15, 0.2) is 30.5 Å². The monoisotopic (exact) mass is 550 g/mol.